The van der Waals surface area contributed by atoms with Crippen molar-refractivity contribution in [2.24, 2.45) is 0 Å². The van der Waals surface area contributed by atoms with Gasteiger partial charge in [-0.3, -0.25) is 0 Å². The van der Waals surface area contributed by atoms with E-state index in [-0.39, 0.29) is 0 Å². The molecule has 0 bridgehead atoms. The molecule has 0 unspecified atom stereocenters. The summed E-state index contributed by atoms with van der Waals surface area (Å²) in [6.07, 6.45) is 0. The Morgan fingerprint density at radius 1 is 1.14 bits per heavy atom. The van der Waals surface area contributed by atoms with Gasteiger partial charge in [-0.25, -0.2) is 0 Å². The Kier molecular flexibility index (Phi) is 8.38. The van der Waals surface area contributed by atoms with Crippen LogP contribution in [0.2, 0.25) is 19.6 Å². The normalized spacial score (nSPS) is 9.57. The Labute approximate surface area is 63.3 Å². The molecule has 0 aliphatic rings. The Hall–Kier alpha value is 1.18. The van der Waals surface area contributed by atoms with Crippen LogP contribution in [0.15, 0.2) is 0 Å². The SMILES string of the molecule is CO.C[Si](C)(C)[Na]. The summed E-state index contributed by atoms with van der Waals surface area (Å²) in [4.78, 5) is 0. The topological polar surface area (TPSA) is 20.2 Å². The molecule has 0 amide bonds. The molecule has 0 aliphatic carbocycles. The Balaban J connectivity index is 0. The van der Waals surface area contributed by atoms with Crippen LogP contribution in [0.3, 0.4) is 0 Å². The predicted molar refractivity (Wildman–Crippen MR) is 37.2 cm³/mol. The standard InChI is InChI=1S/C3H9Si.CH4O.Na/c1-4(2)3;1-2;/h1-3H3;2H,1H3;. The van der Waals surface area contributed by atoms with Gasteiger partial charge in [0.15, 0.2) is 0 Å². The van der Waals surface area contributed by atoms with Crippen LogP contribution in [0.25, 0.3) is 0 Å². The zero-order chi connectivity index (χ0) is 6.50. The molecule has 0 spiro atoms. The van der Waals surface area contributed by atoms with E-state index < -0.39 is 4.63 Å². The average molecular weight is 128 g/mol. The van der Waals surface area contributed by atoms with Crippen molar-refractivity contribution in [3.05, 3.63) is 0 Å². The predicted octanol–water partition coefficient (Wildman–Crippen LogP) is 0.598. The molecule has 1 N–H and O–H groups in total. The van der Waals surface area contributed by atoms with Gasteiger partial charge in [0, 0.05) is 7.11 Å². The molecule has 0 rings (SSSR count). The minimum atomic E-state index is -0.472. The van der Waals surface area contributed by atoms with Crippen molar-refractivity contribution in [3.63, 3.8) is 0 Å². The third-order valence-corrected chi connectivity index (χ3v) is 0. The molecule has 0 aromatic heterocycles. The van der Waals surface area contributed by atoms with Gasteiger partial charge in [0.05, 0.1) is 0 Å². The second kappa shape index (κ2) is 5.32. The number of hydrogen-bond donors (Lipinski definition) is 1. The number of rotatable bonds is 0. The summed E-state index contributed by atoms with van der Waals surface area (Å²) in [6.45, 7) is 7.16. The van der Waals surface area contributed by atoms with Crippen molar-refractivity contribution in [2.75, 3.05) is 7.11 Å². The summed E-state index contributed by atoms with van der Waals surface area (Å²) in [5, 5.41) is 7.00. The van der Waals surface area contributed by atoms with E-state index in [1.165, 1.54) is 27.0 Å². The first kappa shape index (κ1) is 11.0. The summed E-state index contributed by atoms with van der Waals surface area (Å²) >= 11 is 1.45. The summed E-state index contributed by atoms with van der Waals surface area (Å²) in [6, 6.07) is 0. The maximum absolute atomic E-state index is 7.00. The first-order valence-corrected chi connectivity index (χ1v) is 9.45. The first-order chi connectivity index (χ1) is 3.00. The molecule has 0 fully saturated rings. The van der Waals surface area contributed by atoms with E-state index in [1.54, 1.807) is 0 Å². The van der Waals surface area contributed by atoms with Crippen LogP contribution in [0.1, 0.15) is 0 Å². The van der Waals surface area contributed by atoms with Crippen LogP contribution in [-0.4, -0.2) is 43.9 Å². The molecule has 1 nitrogen and oxygen atoms in total. The molecule has 0 aromatic carbocycles. The van der Waals surface area contributed by atoms with Gasteiger partial charge in [0.25, 0.3) is 0 Å². The second-order valence-corrected chi connectivity index (χ2v) is 18.0. The third kappa shape index (κ3) is 139. The summed E-state index contributed by atoms with van der Waals surface area (Å²) in [7, 11) is 1.00. The molecule has 0 aliphatic heterocycles. The van der Waals surface area contributed by atoms with Crippen molar-refractivity contribution >= 4 is 31.7 Å². The Morgan fingerprint density at radius 2 is 1.14 bits per heavy atom. The molecule has 7 heavy (non-hydrogen) atoms. The third-order valence-electron chi connectivity index (χ3n) is 0. The van der Waals surface area contributed by atoms with Gasteiger partial charge in [-0.15, -0.1) is 0 Å². The fraction of sp³-hybridized carbons (Fsp3) is 1.00. The van der Waals surface area contributed by atoms with Gasteiger partial charge < -0.3 is 5.11 Å². The molecule has 3 heteroatoms. The zero-order valence-electron chi connectivity index (χ0n) is 5.95. The maximum atomic E-state index is 7.00. The summed E-state index contributed by atoms with van der Waals surface area (Å²) in [5.74, 6) is 0. The van der Waals surface area contributed by atoms with Gasteiger partial charge in [0.2, 0.25) is 0 Å². The quantitative estimate of drug-likeness (QED) is 0.474. The van der Waals surface area contributed by atoms with E-state index in [0.717, 1.165) is 7.11 Å². The molecule has 0 saturated carbocycles. The van der Waals surface area contributed by atoms with Crippen LogP contribution in [0, 0.1) is 0 Å². The molecule has 0 aromatic rings. The van der Waals surface area contributed by atoms with E-state index in [1.807, 2.05) is 0 Å². The van der Waals surface area contributed by atoms with Crippen molar-refractivity contribution < 1.29 is 5.11 Å². The number of hydrogen-bond acceptors (Lipinski definition) is 1. The molecule has 0 atom stereocenters. The fourth-order valence-electron chi connectivity index (χ4n) is 0. The van der Waals surface area contributed by atoms with Gasteiger partial charge in [-0.05, 0) is 0 Å². The first-order valence-electron chi connectivity index (χ1n) is 2.45. The molecule has 0 radical (unpaired) electrons. The van der Waals surface area contributed by atoms with Crippen molar-refractivity contribution in [1.29, 1.82) is 0 Å². The van der Waals surface area contributed by atoms with E-state index in [9.17, 15) is 0 Å². The monoisotopic (exact) mass is 128 g/mol. The summed E-state index contributed by atoms with van der Waals surface area (Å²) < 4.78 is -0.472. The second-order valence-electron chi connectivity index (χ2n) is 3.00. The van der Waals surface area contributed by atoms with Gasteiger partial charge in [0.1, 0.15) is 0 Å². The van der Waals surface area contributed by atoms with E-state index in [2.05, 4.69) is 19.6 Å². The van der Waals surface area contributed by atoms with Crippen molar-refractivity contribution in [1.82, 2.24) is 0 Å². The van der Waals surface area contributed by atoms with E-state index in [0.29, 0.717) is 0 Å². The van der Waals surface area contributed by atoms with Crippen LogP contribution >= 0.6 is 0 Å². The van der Waals surface area contributed by atoms with Crippen LogP contribution in [0.5, 0.6) is 0 Å². The van der Waals surface area contributed by atoms with E-state index in [4.69, 9.17) is 5.11 Å². The van der Waals surface area contributed by atoms with Crippen molar-refractivity contribution in [2.45, 2.75) is 19.6 Å². The van der Waals surface area contributed by atoms with E-state index >= 15 is 0 Å². The van der Waals surface area contributed by atoms with Crippen LogP contribution in [-0.2, 0) is 0 Å². The molecule has 0 heterocycles. The molecular formula is C4H13NaOSi. The number of aliphatic hydroxyl groups excluding tert-OH is 1. The zero-order valence-corrected chi connectivity index (χ0v) is 8.95. The Morgan fingerprint density at radius 3 is 1.14 bits per heavy atom. The van der Waals surface area contributed by atoms with Crippen molar-refractivity contribution in [3.8, 4) is 0 Å². The van der Waals surface area contributed by atoms with Crippen LogP contribution < -0.4 is 0 Å². The minimum absolute atomic E-state index is 0.472. The molecular weight excluding hydrogens is 115 g/mol. The average Bonchev–Trinajstić information content (AvgIpc) is 1.36. The Bertz CT molecular complexity index is 27.2. The fourth-order valence-corrected chi connectivity index (χ4v) is 0. The summed E-state index contributed by atoms with van der Waals surface area (Å²) in [5.41, 5.74) is 0. The number of aliphatic hydroxyl groups is 1. The molecule has 40 valence electrons. The van der Waals surface area contributed by atoms with Crippen LogP contribution in [0.4, 0.5) is 0 Å². The van der Waals surface area contributed by atoms with Gasteiger partial charge >= 0.3 is 51.3 Å². The molecule has 0 saturated heterocycles. The van der Waals surface area contributed by atoms with Gasteiger partial charge in [-0.2, -0.15) is 0 Å². The van der Waals surface area contributed by atoms with Gasteiger partial charge in [-0.1, -0.05) is 0 Å².